The van der Waals surface area contributed by atoms with E-state index in [1.165, 1.54) is 76.2 Å². The summed E-state index contributed by atoms with van der Waals surface area (Å²) in [5, 5.41) is 0. The Bertz CT molecular complexity index is 756. The fraction of sp³-hybridized carbons (Fsp3) is 0.655. The van der Waals surface area contributed by atoms with Crippen LogP contribution in [0.2, 0.25) is 0 Å². The first-order valence-electron chi connectivity index (χ1n) is 13.4. The largest absolute Gasteiger partial charge is 0.491 e. The second-order valence-corrected chi connectivity index (χ2v) is 9.80. The van der Waals surface area contributed by atoms with Crippen molar-refractivity contribution in [2.75, 3.05) is 6.61 Å². The molecule has 2 aromatic rings. The van der Waals surface area contributed by atoms with E-state index in [1.807, 2.05) is 36.7 Å². The lowest BCUT2D eigenvalue weighted by Gasteiger charge is -2.11. The number of halogens is 1. The summed E-state index contributed by atoms with van der Waals surface area (Å²) in [4.78, 5) is 9.11. The standard InChI is InChI=1S/C29H43FN2O/c1-2-3-4-9-16-27(30)23-33-28-19-17-26(18-20-28)29-31-21-25(22-32-29)15-8-6-5-7-12-24-13-10-11-14-24/h17-22,24,27H,2-16,23H2,1H3. The third kappa shape index (κ3) is 9.81. The fourth-order valence-corrected chi connectivity index (χ4v) is 4.81. The number of unbranched alkanes of at least 4 members (excludes halogenated alkanes) is 6. The van der Waals surface area contributed by atoms with Crippen LogP contribution >= 0.6 is 0 Å². The van der Waals surface area contributed by atoms with Gasteiger partial charge in [0, 0.05) is 18.0 Å². The number of aryl methyl sites for hydroxylation is 1. The van der Waals surface area contributed by atoms with Gasteiger partial charge in [0.2, 0.25) is 0 Å². The van der Waals surface area contributed by atoms with Crippen LogP contribution in [-0.2, 0) is 6.42 Å². The molecule has 1 unspecified atom stereocenters. The summed E-state index contributed by atoms with van der Waals surface area (Å²) < 4.78 is 19.6. The van der Waals surface area contributed by atoms with Crippen LogP contribution in [0.25, 0.3) is 11.4 Å². The van der Waals surface area contributed by atoms with Gasteiger partial charge < -0.3 is 4.74 Å². The van der Waals surface area contributed by atoms with Gasteiger partial charge in [0.1, 0.15) is 18.5 Å². The van der Waals surface area contributed by atoms with E-state index in [2.05, 4.69) is 16.9 Å². The molecule has 1 fully saturated rings. The van der Waals surface area contributed by atoms with Crippen molar-refractivity contribution < 1.29 is 9.13 Å². The van der Waals surface area contributed by atoms with Gasteiger partial charge in [-0.3, -0.25) is 0 Å². The van der Waals surface area contributed by atoms with E-state index < -0.39 is 6.17 Å². The third-order valence-corrected chi connectivity index (χ3v) is 6.92. The lowest BCUT2D eigenvalue weighted by molar-refractivity contribution is 0.184. The average molecular weight is 455 g/mol. The number of alkyl halides is 1. The Morgan fingerprint density at radius 2 is 1.61 bits per heavy atom. The minimum Gasteiger partial charge on any atom is -0.491 e. The first-order chi connectivity index (χ1) is 16.2. The van der Waals surface area contributed by atoms with E-state index >= 15 is 0 Å². The van der Waals surface area contributed by atoms with E-state index in [9.17, 15) is 4.39 Å². The van der Waals surface area contributed by atoms with Crippen molar-refractivity contribution >= 4 is 0 Å². The molecule has 1 atom stereocenters. The second-order valence-electron chi connectivity index (χ2n) is 9.80. The number of aromatic nitrogens is 2. The Morgan fingerprint density at radius 3 is 2.33 bits per heavy atom. The average Bonchev–Trinajstić information content (AvgIpc) is 3.37. The number of hydrogen-bond acceptors (Lipinski definition) is 3. The van der Waals surface area contributed by atoms with Gasteiger partial charge in [-0.2, -0.15) is 0 Å². The number of ether oxygens (including phenoxy) is 1. The maximum absolute atomic E-state index is 14.0. The normalized spacial score (nSPS) is 15.1. The van der Waals surface area contributed by atoms with Crippen molar-refractivity contribution in [2.24, 2.45) is 5.92 Å². The maximum Gasteiger partial charge on any atom is 0.159 e. The SMILES string of the molecule is CCCCCCC(F)COc1ccc(-c2ncc(CCCCCCC3CCCC3)cn2)cc1. The van der Waals surface area contributed by atoms with E-state index in [1.54, 1.807) is 0 Å². The number of benzene rings is 1. The summed E-state index contributed by atoms with van der Waals surface area (Å²) in [6.07, 6.45) is 21.6. The molecule has 1 aliphatic carbocycles. The summed E-state index contributed by atoms with van der Waals surface area (Å²) in [6.45, 7) is 2.29. The molecule has 0 spiro atoms. The Kier molecular flexibility index (Phi) is 11.7. The lowest BCUT2D eigenvalue weighted by atomic mass is 9.99. The Labute approximate surface area is 200 Å². The molecule has 0 bridgehead atoms. The van der Waals surface area contributed by atoms with E-state index in [0.29, 0.717) is 12.2 Å². The van der Waals surface area contributed by atoms with E-state index in [4.69, 9.17) is 4.74 Å². The minimum absolute atomic E-state index is 0.122. The molecule has 0 saturated heterocycles. The molecule has 1 aromatic heterocycles. The van der Waals surface area contributed by atoms with Crippen molar-refractivity contribution in [3.8, 4) is 17.1 Å². The van der Waals surface area contributed by atoms with Crippen molar-refractivity contribution in [1.82, 2.24) is 9.97 Å². The summed E-state index contributed by atoms with van der Waals surface area (Å²) in [6, 6.07) is 7.65. The Balaban J connectivity index is 1.32. The van der Waals surface area contributed by atoms with Crippen LogP contribution in [0.4, 0.5) is 4.39 Å². The summed E-state index contributed by atoms with van der Waals surface area (Å²) >= 11 is 0. The molecule has 1 saturated carbocycles. The molecule has 33 heavy (non-hydrogen) atoms. The van der Waals surface area contributed by atoms with Gasteiger partial charge in [0.15, 0.2) is 5.82 Å². The zero-order valence-corrected chi connectivity index (χ0v) is 20.6. The van der Waals surface area contributed by atoms with Crippen molar-refractivity contribution in [1.29, 1.82) is 0 Å². The molecular formula is C29H43FN2O. The predicted octanol–water partition coefficient (Wildman–Crippen LogP) is 8.51. The quantitative estimate of drug-likeness (QED) is 0.238. The topological polar surface area (TPSA) is 35.0 Å². The van der Waals surface area contributed by atoms with Crippen LogP contribution in [0, 0.1) is 5.92 Å². The molecule has 0 N–H and O–H groups in total. The molecule has 182 valence electrons. The van der Waals surface area contributed by atoms with Gasteiger partial charge in [0.25, 0.3) is 0 Å². The van der Waals surface area contributed by atoms with E-state index in [0.717, 1.165) is 36.6 Å². The first kappa shape index (κ1) is 25.6. The van der Waals surface area contributed by atoms with Gasteiger partial charge in [-0.15, -0.1) is 0 Å². The van der Waals surface area contributed by atoms with Crippen LogP contribution in [0.15, 0.2) is 36.7 Å². The van der Waals surface area contributed by atoms with Crippen LogP contribution in [0.5, 0.6) is 5.75 Å². The van der Waals surface area contributed by atoms with Gasteiger partial charge in [-0.1, -0.05) is 84.0 Å². The van der Waals surface area contributed by atoms with Crippen LogP contribution < -0.4 is 4.74 Å². The second kappa shape index (κ2) is 15.0. The zero-order valence-electron chi connectivity index (χ0n) is 20.6. The van der Waals surface area contributed by atoms with Crippen molar-refractivity contribution in [2.45, 2.75) is 109 Å². The maximum atomic E-state index is 14.0. The minimum atomic E-state index is -0.898. The monoisotopic (exact) mass is 454 g/mol. The lowest BCUT2D eigenvalue weighted by Crippen LogP contribution is -2.12. The smallest absolute Gasteiger partial charge is 0.159 e. The molecular weight excluding hydrogens is 411 g/mol. The van der Waals surface area contributed by atoms with Crippen LogP contribution in [-0.4, -0.2) is 22.7 Å². The highest BCUT2D eigenvalue weighted by atomic mass is 19.1. The molecule has 0 aliphatic heterocycles. The number of rotatable bonds is 16. The highest BCUT2D eigenvalue weighted by Crippen LogP contribution is 2.29. The molecule has 4 heteroatoms. The molecule has 0 amide bonds. The molecule has 1 heterocycles. The zero-order chi connectivity index (χ0) is 23.1. The van der Waals surface area contributed by atoms with Gasteiger partial charge >= 0.3 is 0 Å². The van der Waals surface area contributed by atoms with Gasteiger partial charge in [0.05, 0.1) is 0 Å². The Hall–Kier alpha value is -1.97. The molecule has 1 aliphatic rings. The van der Waals surface area contributed by atoms with Crippen LogP contribution in [0.1, 0.15) is 102 Å². The first-order valence-corrected chi connectivity index (χ1v) is 13.4. The summed E-state index contributed by atoms with van der Waals surface area (Å²) in [5.74, 6) is 2.44. The highest BCUT2D eigenvalue weighted by molar-refractivity contribution is 5.55. The van der Waals surface area contributed by atoms with Crippen molar-refractivity contribution in [3.05, 3.63) is 42.2 Å². The molecule has 3 rings (SSSR count). The number of nitrogens with zero attached hydrogens (tertiary/aromatic N) is 2. The highest BCUT2D eigenvalue weighted by Gasteiger charge is 2.13. The van der Waals surface area contributed by atoms with Crippen LogP contribution in [0.3, 0.4) is 0 Å². The number of hydrogen-bond donors (Lipinski definition) is 0. The van der Waals surface area contributed by atoms with Gasteiger partial charge in [-0.05, 0) is 55.0 Å². The molecule has 3 nitrogen and oxygen atoms in total. The Morgan fingerprint density at radius 1 is 0.909 bits per heavy atom. The van der Waals surface area contributed by atoms with E-state index in [-0.39, 0.29) is 6.61 Å². The molecule has 1 aromatic carbocycles. The third-order valence-electron chi connectivity index (χ3n) is 6.92. The van der Waals surface area contributed by atoms with Gasteiger partial charge in [-0.25, -0.2) is 14.4 Å². The fourth-order valence-electron chi connectivity index (χ4n) is 4.81. The summed E-state index contributed by atoms with van der Waals surface area (Å²) in [7, 11) is 0. The summed E-state index contributed by atoms with van der Waals surface area (Å²) in [5.41, 5.74) is 2.17. The molecule has 0 radical (unpaired) electrons. The van der Waals surface area contributed by atoms with Crippen molar-refractivity contribution in [3.63, 3.8) is 0 Å². The predicted molar refractivity (Wildman–Crippen MR) is 135 cm³/mol.